The number of fused-ring (bicyclic) bond motifs is 2. The number of esters is 1. The van der Waals surface area contributed by atoms with Crippen molar-refractivity contribution in [1.29, 1.82) is 0 Å². The highest BCUT2D eigenvalue weighted by molar-refractivity contribution is 6.13. The molecular formula is C34H41N5O5. The van der Waals surface area contributed by atoms with Crippen molar-refractivity contribution in [3.05, 3.63) is 60.3 Å². The van der Waals surface area contributed by atoms with Crippen LogP contribution in [0.25, 0.3) is 10.9 Å². The summed E-state index contributed by atoms with van der Waals surface area (Å²) < 4.78 is 6.85. The molecule has 1 aliphatic carbocycles. The van der Waals surface area contributed by atoms with Gasteiger partial charge in [-0.3, -0.25) is 19.3 Å². The van der Waals surface area contributed by atoms with Crippen LogP contribution < -0.4 is 10.2 Å². The summed E-state index contributed by atoms with van der Waals surface area (Å²) in [6.45, 7) is 7.15. The van der Waals surface area contributed by atoms with Crippen molar-refractivity contribution in [3.8, 4) is 0 Å². The number of anilines is 2. The van der Waals surface area contributed by atoms with E-state index < -0.39 is 17.4 Å². The molecule has 1 aromatic heterocycles. The normalized spacial score (nSPS) is 15.9. The van der Waals surface area contributed by atoms with E-state index in [9.17, 15) is 19.2 Å². The number of Topliss-reactive ketones (excluding diaryl/α,β-unsaturated/α-hetero) is 1. The molecule has 3 amide bonds. The molecule has 5 rings (SSSR count). The second-order valence-electron chi connectivity index (χ2n) is 12.5. The van der Waals surface area contributed by atoms with E-state index in [2.05, 4.69) is 5.32 Å². The standard InChI is InChI=1S/C34H41N5O5/c1-5-44-31(42)22-37-19-18-24-26(15-11-17-27(24)37)35-30(41)21-39-33(43)38(20-29(40)34(2,3)4)28-16-10-9-14-25(28)32(36-39)23-12-7-6-8-13-23/h9-11,14-19,23H,5-8,12-13,20-22H2,1-4H3,(H,35,41). The second-order valence-corrected chi connectivity index (χ2v) is 12.5. The Balaban J connectivity index is 1.45. The molecule has 0 atom stereocenters. The Bertz CT molecular complexity index is 1590. The van der Waals surface area contributed by atoms with Crippen LogP contribution in [0.1, 0.15) is 65.4 Å². The maximum Gasteiger partial charge on any atom is 0.345 e. The smallest absolute Gasteiger partial charge is 0.345 e. The van der Waals surface area contributed by atoms with Gasteiger partial charge in [-0.1, -0.05) is 64.3 Å². The Morgan fingerprint density at radius 2 is 1.70 bits per heavy atom. The van der Waals surface area contributed by atoms with Gasteiger partial charge in [-0.05, 0) is 44.0 Å². The number of aromatic nitrogens is 1. The minimum Gasteiger partial charge on any atom is -0.465 e. The number of hydrogen-bond donors (Lipinski definition) is 1. The zero-order chi connectivity index (χ0) is 31.4. The Morgan fingerprint density at radius 1 is 0.955 bits per heavy atom. The van der Waals surface area contributed by atoms with Gasteiger partial charge < -0.3 is 14.6 Å². The third-order valence-corrected chi connectivity index (χ3v) is 8.27. The van der Waals surface area contributed by atoms with Crippen LogP contribution in [0.3, 0.4) is 0 Å². The third kappa shape index (κ3) is 6.69. The lowest BCUT2D eigenvalue weighted by molar-refractivity contribution is -0.143. The van der Waals surface area contributed by atoms with Crippen LogP contribution in [0.4, 0.5) is 16.2 Å². The summed E-state index contributed by atoms with van der Waals surface area (Å²) in [5, 5.41) is 9.78. The monoisotopic (exact) mass is 599 g/mol. The van der Waals surface area contributed by atoms with Crippen LogP contribution in [0, 0.1) is 11.3 Å². The Labute approximate surface area is 258 Å². The number of hydrazone groups is 1. The zero-order valence-electron chi connectivity index (χ0n) is 26.0. The number of urea groups is 1. The molecule has 0 spiro atoms. The molecule has 1 fully saturated rings. The third-order valence-electron chi connectivity index (χ3n) is 8.27. The lowest BCUT2D eigenvalue weighted by Crippen LogP contribution is -2.47. The molecule has 44 heavy (non-hydrogen) atoms. The van der Waals surface area contributed by atoms with E-state index in [1.807, 2.05) is 57.2 Å². The number of nitrogens with one attached hydrogen (secondary N) is 1. The van der Waals surface area contributed by atoms with E-state index in [0.717, 1.165) is 54.3 Å². The molecule has 2 heterocycles. The number of hydrogen-bond acceptors (Lipinski definition) is 6. The molecule has 1 N–H and O–H groups in total. The largest absolute Gasteiger partial charge is 0.465 e. The zero-order valence-corrected chi connectivity index (χ0v) is 26.0. The quantitative estimate of drug-likeness (QED) is 0.304. The number of nitrogens with zero attached hydrogens (tertiary/aromatic N) is 4. The van der Waals surface area contributed by atoms with Crippen molar-refractivity contribution in [3.63, 3.8) is 0 Å². The van der Waals surface area contributed by atoms with Crippen molar-refractivity contribution >= 4 is 51.7 Å². The van der Waals surface area contributed by atoms with E-state index in [4.69, 9.17) is 9.84 Å². The molecule has 1 saturated carbocycles. The number of carbonyl (C=O) groups excluding carboxylic acids is 4. The van der Waals surface area contributed by atoms with Crippen molar-refractivity contribution in [2.45, 2.75) is 66.3 Å². The molecule has 2 aromatic carbocycles. The highest BCUT2D eigenvalue weighted by Gasteiger charge is 2.36. The van der Waals surface area contributed by atoms with Crippen LogP contribution in [0.5, 0.6) is 0 Å². The molecule has 0 saturated heterocycles. The molecule has 1 aliphatic heterocycles. The van der Waals surface area contributed by atoms with E-state index in [1.54, 1.807) is 29.8 Å². The molecule has 2 aliphatic rings. The van der Waals surface area contributed by atoms with Gasteiger partial charge in [0.2, 0.25) is 5.91 Å². The van der Waals surface area contributed by atoms with Crippen LogP contribution in [-0.4, -0.2) is 58.7 Å². The predicted molar refractivity (Wildman–Crippen MR) is 171 cm³/mol. The molecule has 0 radical (unpaired) electrons. The molecule has 10 nitrogen and oxygen atoms in total. The number of amides is 3. The first-order valence-electron chi connectivity index (χ1n) is 15.4. The molecule has 0 unspecified atom stereocenters. The minimum absolute atomic E-state index is 0.0549. The average molecular weight is 600 g/mol. The Kier molecular flexibility index (Phi) is 9.17. The highest BCUT2D eigenvalue weighted by Crippen LogP contribution is 2.35. The van der Waals surface area contributed by atoms with Gasteiger partial charge in [-0.25, -0.2) is 9.80 Å². The van der Waals surface area contributed by atoms with Crippen molar-refractivity contribution < 1.29 is 23.9 Å². The van der Waals surface area contributed by atoms with Gasteiger partial charge in [-0.2, -0.15) is 5.10 Å². The fourth-order valence-corrected chi connectivity index (χ4v) is 5.85. The Morgan fingerprint density at radius 3 is 2.43 bits per heavy atom. The molecule has 10 heteroatoms. The van der Waals surface area contributed by atoms with Gasteiger partial charge in [0.15, 0.2) is 5.78 Å². The number of para-hydroxylation sites is 1. The number of ether oxygens (including phenoxy) is 1. The van der Waals surface area contributed by atoms with Gasteiger partial charge >= 0.3 is 12.0 Å². The van der Waals surface area contributed by atoms with Crippen LogP contribution in [0.2, 0.25) is 0 Å². The summed E-state index contributed by atoms with van der Waals surface area (Å²) in [7, 11) is 0. The molecular weight excluding hydrogens is 558 g/mol. The van der Waals surface area contributed by atoms with Gasteiger partial charge in [0, 0.05) is 28.5 Å². The first kappa shape index (κ1) is 31.0. The van der Waals surface area contributed by atoms with Crippen LogP contribution in [0.15, 0.2) is 59.8 Å². The maximum absolute atomic E-state index is 14.1. The van der Waals surface area contributed by atoms with Crippen molar-refractivity contribution in [2.24, 2.45) is 16.4 Å². The molecule has 3 aromatic rings. The summed E-state index contributed by atoms with van der Waals surface area (Å²) in [5.74, 6) is -0.718. The van der Waals surface area contributed by atoms with Gasteiger partial charge in [0.25, 0.3) is 0 Å². The summed E-state index contributed by atoms with van der Waals surface area (Å²) in [5.41, 5.74) is 2.91. The van der Waals surface area contributed by atoms with Gasteiger partial charge in [0.05, 0.1) is 35.8 Å². The number of ketones is 1. The maximum atomic E-state index is 14.1. The summed E-state index contributed by atoms with van der Waals surface area (Å²) in [6.07, 6.45) is 6.99. The summed E-state index contributed by atoms with van der Waals surface area (Å²) in [6, 6.07) is 14.3. The second kappa shape index (κ2) is 13.0. The lowest BCUT2D eigenvalue weighted by atomic mass is 9.83. The van der Waals surface area contributed by atoms with Gasteiger partial charge in [-0.15, -0.1) is 0 Å². The number of rotatable bonds is 9. The number of benzene rings is 2. The fraction of sp³-hybridized carbons (Fsp3) is 0.441. The Hall–Kier alpha value is -4.47. The van der Waals surface area contributed by atoms with E-state index in [1.165, 1.54) is 9.91 Å². The molecule has 232 valence electrons. The lowest BCUT2D eigenvalue weighted by Gasteiger charge is -2.28. The van der Waals surface area contributed by atoms with Crippen LogP contribution in [-0.2, 0) is 25.7 Å². The highest BCUT2D eigenvalue weighted by atomic mass is 16.5. The van der Waals surface area contributed by atoms with E-state index >= 15 is 0 Å². The fourth-order valence-electron chi connectivity index (χ4n) is 5.85. The van der Waals surface area contributed by atoms with E-state index in [0.29, 0.717) is 18.0 Å². The minimum atomic E-state index is -0.654. The van der Waals surface area contributed by atoms with Crippen LogP contribution >= 0.6 is 0 Å². The van der Waals surface area contributed by atoms with Crippen molar-refractivity contribution in [2.75, 3.05) is 29.9 Å². The van der Waals surface area contributed by atoms with Gasteiger partial charge in [0.1, 0.15) is 13.1 Å². The summed E-state index contributed by atoms with van der Waals surface area (Å²) in [4.78, 5) is 54.4. The SMILES string of the molecule is CCOC(=O)Cn1ccc2c(NC(=O)CN3N=C(C4CCCCC4)c4ccccc4N(CC(=O)C(C)(C)C)C3=O)cccc21. The predicted octanol–water partition coefficient (Wildman–Crippen LogP) is 5.98. The topological polar surface area (TPSA) is 113 Å². The first-order chi connectivity index (χ1) is 21.1. The van der Waals surface area contributed by atoms with Crippen molar-refractivity contribution in [1.82, 2.24) is 9.58 Å². The summed E-state index contributed by atoms with van der Waals surface area (Å²) >= 11 is 0. The first-order valence-corrected chi connectivity index (χ1v) is 15.4. The average Bonchev–Trinajstić information content (AvgIpc) is 3.36. The molecule has 0 bridgehead atoms. The van der Waals surface area contributed by atoms with E-state index in [-0.39, 0.29) is 37.3 Å². The number of carbonyl (C=O) groups is 4.